The molecule has 1 saturated carbocycles. The molecule has 2 atom stereocenters. The topological polar surface area (TPSA) is 78.4 Å². The second-order valence-electron chi connectivity index (χ2n) is 5.49. The van der Waals surface area contributed by atoms with E-state index in [1.54, 1.807) is 24.3 Å². The number of hydrogen-bond donors (Lipinski definition) is 3. The van der Waals surface area contributed by atoms with Crippen molar-refractivity contribution in [1.82, 2.24) is 5.32 Å². The molecule has 0 saturated heterocycles. The number of aliphatic hydroxyl groups is 1. The first kappa shape index (κ1) is 16.1. The van der Waals surface area contributed by atoms with Gasteiger partial charge in [-0.15, -0.1) is 6.42 Å². The molecule has 22 heavy (non-hydrogen) atoms. The Labute approximate surface area is 130 Å². The van der Waals surface area contributed by atoms with Gasteiger partial charge in [-0.3, -0.25) is 9.59 Å². The lowest BCUT2D eigenvalue weighted by Crippen LogP contribution is -2.47. The summed E-state index contributed by atoms with van der Waals surface area (Å²) in [6.45, 7) is 0.0246. The number of anilines is 1. The number of amides is 2. The minimum absolute atomic E-state index is 0.0234. The highest BCUT2D eigenvalue weighted by atomic mass is 16.3. The molecule has 0 heterocycles. The molecule has 0 aromatic heterocycles. The van der Waals surface area contributed by atoms with E-state index >= 15 is 0 Å². The predicted molar refractivity (Wildman–Crippen MR) is 84.0 cm³/mol. The van der Waals surface area contributed by atoms with E-state index in [1.165, 1.54) is 0 Å². The SMILES string of the molecule is C#Cc1cccc(NC(=O)C(=O)NC2CCCCC2CO)c1. The summed E-state index contributed by atoms with van der Waals surface area (Å²) in [6, 6.07) is 6.61. The van der Waals surface area contributed by atoms with Gasteiger partial charge in [0.05, 0.1) is 0 Å². The van der Waals surface area contributed by atoms with Gasteiger partial charge in [-0.25, -0.2) is 0 Å². The van der Waals surface area contributed by atoms with E-state index in [9.17, 15) is 14.7 Å². The molecule has 1 aliphatic rings. The van der Waals surface area contributed by atoms with Gasteiger partial charge in [0.1, 0.15) is 0 Å². The van der Waals surface area contributed by atoms with Crippen molar-refractivity contribution in [2.45, 2.75) is 31.7 Å². The second kappa shape index (κ2) is 7.62. The van der Waals surface area contributed by atoms with Crippen molar-refractivity contribution in [3.63, 3.8) is 0 Å². The summed E-state index contributed by atoms with van der Waals surface area (Å²) in [4.78, 5) is 23.9. The van der Waals surface area contributed by atoms with Crippen molar-refractivity contribution >= 4 is 17.5 Å². The molecule has 1 aromatic carbocycles. The van der Waals surface area contributed by atoms with Crippen molar-refractivity contribution in [2.24, 2.45) is 5.92 Å². The molecule has 0 aliphatic heterocycles. The highest BCUT2D eigenvalue weighted by Gasteiger charge is 2.27. The first-order valence-electron chi connectivity index (χ1n) is 7.43. The molecular formula is C17H20N2O3. The Morgan fingerprint density at radius 3 is 2.77 bits per heavy atom. The third-order valence-electron chi connectivity index (χ3n) is 3.95. The molecule has 0 bridgehead atoms. The van der Waals surface area contributed by atoms with Crippen LogP contribution in [0.1, 0.15) is 31.2 Å². The molecule has 5 nitrogen and oxygen atoms in total. The standard InChI is InChI=1S/C17H20N2O3/c1-2-12-6-5-8-14(10-12)18-16(21)17(22)19-15-9-4-3-7-13(15)11-20/h1,5-6,8,10,13,15,20H,3-4,7,9,11H2,(H,18,21)(H,19,22). The lowest BCUT2D eigenvalue weighted by molar-refractivity contribution is -0.137. The monoisotopic (exact) mass is 300 g/mol. The van der Waals surface area contributed by atoms with Gasteiger partial charge in [0, 0.05) is 29.8 Å². The molecule has 1 fully saturated rings. The summed E-state index contributed by atoms with van der Waals surface area (Å²) in [5.41, 5.74) is 1.11. The van der Waals surface area contributed by atoms with Crippen LogP contribution in [0.4, 0.5) is 5.69 Å². The van der Waals surface area contributed by atoms with Gasteiger partial charge in [0.25, 0.3) is 0 Å². The van der Waals surface area contributed by atoms with Gasteiger partial charge in [-0.05, 0) is 31.0 Å². The van der Waals surface area contributed by atoms with Crippen LogP contribution in [0.2, 0.25) is 0 Å². The summed E-state index contributed by atoms with van der Waals surface area (Å²) in [5, 5.41) is 14.6. The highest BCUT2D eigenvalue weighted by Crippen LogP contribution is 2.23. The van der Waals surface area contributed by atoms with Gasteiger partial charge >= 0.3 is 11.8 Å². The summed E-state index contributed by atoms with van der Waals surface area (Å²) in [6.07, 6.45) is 8.99. The van der Waals surface area contributed by atoms with Crippen LogP contribution in [0, 0.1) is 18.3 Å². The van der Waals surface area contributed by atoms with Crippen LogP contribution >= 0.6 is 0 Å². The van der Waals surface area contributed by atoms with Gasteiger partial charge in [-0.2, -0.15) is 0 Å². The van der Waals surface area contributed by atoms with Gasteiger partial charge < -0.3 is 15.7 Å². The van der Waals surface area contributed by atoms with Crippen LogP contribution in [0.15, 0.2) is 24.3 Å². The number of rotatable bonds is 3. The fraction of sp³-hybridized carbons (Fsp3) is 0.412. The Hall–Kier alpha value is -2.32. The van der Waals surface area contributed by atoms with Crippen molar-refractivity contribution < 1.29 is 14.7 Å². The molecule has 116 valence electrons. The fourth-order valence-electron chi connectivity index (χ4n) is 2.72. The van der Waals surface area contributed by atoms with E-state index in [0.29, 0.717) is 11.3 Å². The summed E-state index contributed by atoms with van der Waals surface area (Å²) >= 11 is 0. The highest BCUT2D eigenvalue weighted by molar-refractivity contribution is 6.39. The van der Waals surface area contributed by atoms with Crippen LogP contribution in [0.5, 0.6) is 0 Å². The Kier molecular flexibility index (Phi) is 5.56. The van der Waals surface area contributed by atoms with Crippen LogP contribution in [-0.2, 0) is 9.59 Å². The van der Waals surface area contributed by atoms with Crippen molar-refractivity contribution in [2.75, 3.05) is 11.9 Å². The van der Waals surface area contributed by atoms with Crippen LogP contribution < -0.4 is 10.6 Å². The second-order valence-corrected chi connectivity index (χ2v) is 5.49. The maximum atomic E-state index is 12.0. The molecule has 1 aliphatic carbocycles. The third-order valence-corrected chi connectivity index (χ3v) is 3.95. The van der Waals surface area contributed by atoms with Gasteiger partial charge in [0.2, 0.25) is 0 Å². The van der Waals surface area contributed by atoms with Gasteiger partial charge in [0.15, 0.2) is 0 Å². The molecule has 0 radical (unpaired) electrons. The van der Waals surface area contributed by atoms with Crippen molar-refractivity contribution in [3.05, 3.63) is 29.8 Å². The lowest BCUT2D eigenvalue weighted by Gasteiger charge is -2.30. The quantitative estimate of drug-likeness (QED) is 0.581. The molecular weight excluding hydrogens is 280 g/mol. The fourth-order valence-corrected chi connectivity index (χ4v) is 2.72. The maximum absolute atomic E-state index is 12.0. The molecule has 2 amide bonds. The number of nitrogens with one attached hydrogen (secondary N) is 2. The van der Waals surface area contributed by atoms with Crippen LogP contribution in [-0.4, -0.2) is 29.6 Å². The molecule has 2 rings (SSSR count). The van der Waals surface area contributed by atoms with E-state index < -0.39 is 11.8 Å². The minimum Gasteiger partial charge on any atom is -0.396 e. The minimum atomic E-state index is -0.726. The van der Waals surface area contributed by atoms with E-state index in [2.05, 4.69) is 16.6 Å². The average molecular weight is 300 g/mol. The average Bonchev–Trinajstić information content (AvgIpc) is 2.55. The van der Waals surface area contributed by atoms with E-state index in [-0.39, 0.29) is 18.6 Å². The number of hydrogen-bond acceptors (Lipinski definition) is 3. The number of terminal acetylenes is 1. The third kappa shape index (κ3) is 4.09. The number of benzene rings is 1. The smallest absolute Gasteiger partial charge is 0.313 e. The summed E-state index contributed by atoms with van der Waals surface area (Å²) < 4.78 is 0. The summed E-state index contributed by atoms with van der Waals surface area (Å²) in [5.74, 6) is 1.08. The molecule has 0 spiro atoms. The number of carbonyl (C=O) groups is 2. The van der Waals surface area contributed by atoms with Crippen molar-refractivity contribution in [3.8, 4) is 12.3 Å². The number of carbonyl (C=O) groups excluding carboxylic acids is 2. The molecule has 3 N–H and O–H groups in total. The predicted octanol–water partition coefficient (Wildman–Crippen LogP) is 1.27. The largest absolute Gasteiger partial charge is 0.396 e. The zero-order valence-electron chi connectivity index (χ0n) is 12.3. The number of aliphatic hydroxyl groups excluding tert-OH is 1. The molecule has 2 unspecified atom stereocenters. The Bertz CT molecular complexity index is 592. The van der Waals surface area contributed by atoms with E-state index in [0.717, 1.165) is 25.7 Å². The molecule has 1 aromatic rings. The van der Waals surface area contributed by atoms with Gasteiger partial charge in [-0.1, -0.05) is 24.8 Å². The van der Waals surface area contributed by atoms with Crippen molar-refractivity contribution in [1.29, 1.82) is 0 Å². The van der Waals surface area contributed by atoms with Crippen LogP contribution in [0.25, 0.3) is 0 Å². The Balaban J connectivity index is 1.94. The Morgan fingerprint density at radius 1 is 1.27 bits per heavy atom. The first-order chi connectivity index (χ1) is 10.6. The normalized spacial score (nSPS) is 20.7. The molecule has 5 heteroatoms. The zero-order chi connectivity index (χ0) is 15.9. The van der Waals surface area contributed by atoms with E-state index in [4.69, 9.17) is 6.42 Å². The lowest BCUT2D eigenvalue weighted by atomic mass is 9.85. The van der Waals surface area contributed by atoms with Crippen LogP contribution in [0.3, 0.4) is 0 Å². The zero-order valence-corrected chi connectivity index (χ0v) is 12.3. The first-order valence-corrected chi connectivity index (χ1v) is 7.43. The van der Waals surface area contributed by atoms with E-state index in [1.807, 2.05) is 0 Å². The maximum Gasteiger partial charge on any atom is 0.313 e. The Morgan fingerprint density at radius 2 is 2.05 bits per heavy atom. The summed E-state index contributed by atoms with van der Waals surface area (Å²) in [7, 11) is 0.